The average Bonchev–Trinajstić information content (AvgIpc) is 2.40. The summed E-state index contributed by atoms with van der Waals surface area (Å²) in [5.74, 6) is -0.429. The van der Waals surface area contributed by atoms with E-state index in [0.717, 1.165) is 11.8 Å². The van der Waals surface area contributed by atoms with Gasteiger partial charge in [0.15, 0.2) is 0 Å². The number of aromatic hydroxyl groups is 1. The third-order valence-corrected chi connectivity index (χ3v) is 3.56. The monoisotopic (exact) mass is 295 g/mol. The summed E-state index contributed by atoms with van der Waals surface area (Å²) < 4.78 is 38.6. The van der Waals surface area contributed by atoms with Crippen molar-refractivity contribution in [2.75, 3.05) is 0 Å². The first kappa shape index (κ1) is 14.3. The maximum atomic E-state index is 12.9. The number of alkyl halides is 3. The molecule has 0 bridgehead atoms. The molecular formula is C14H8F3NOS. The molecule has 6 heteroatoms. The second-order valence-electron chi connectivity index (χ2n) is 3.92. The number of halogens is 3. The number of nitriles is 1. The molecule has 0 saturated heterocycles. The molecule has 2 aromatic rings. The second-order valence-corrected chi connectivity index (χ2v) is 5.03. The Hall–Kier alpha value is -2.13. The Morgan fingerprint density at radius 3 is 2.25 bits per heavy atom. The molecule has 2 nitrogen and oxygen atoms in total. The van der Waals surface area contributed by atoms with Crippen LogP contribution in [0.25, 0.3) is 0 Å². The van der Waals surface area contributed by atoms with Crippen LogP contribution in [0.2, 0.25) is 0 Å². The second kappa shape index (κ2) is 5.47. The Morgan fingerprint density at radius 1 is 1.05 bits per heavy atom. The van der Waals surface area contributed by atoms with E-state index in [0.29, 0.717) is 16.5 Å². The van der Waals surface area contributed by atoms with E-state index in [1.165, 1.54) is 24.3 Å². The Bertz CT molecular complexity index is 660. The lowest BCUT2D eigenvalue weighted by Gasteiger charge is -2.12. The van der Waals surface area contributed by atoms with E-state index in [-0.39, 0.29) is 4.90 Å². The van der Waals surface area contributed by atoms with Gasteiger partial charge in [0.05, 0.1) is 17.2 Å². The van der Waals surface area contributed by atoms with Crippen LogP contribution in [0.3, 0.4) is 0 Å². The third kappa shape index (κ3) is 3.25. The van der Waals surface area contributed by atoms with Gasteiger partial charge in [-0.15, -0.1) is 0 Å². The lowest BCUT2D eigenvalue weighted by molar-refractivity contribution is -0.139. The van der Waals surface area contributed by atoms with Crippen molar-refractivity contribution in [3.63, 3.8) is 0 Å². The normalized spacial score (nSPS) is 11.1. The fraction of sp³-hybridized carbons (Fsp3) is 0.0714. The predicted molar refractivity (Wildman–Crippen MR) is 68.4 cm³/mol. The number of hydrogen-bond acceptors (Lipinski definition) is 3. The van der Waals surface area contributed by atoms with Gasteiger partial charge in [0, 0.05) is 9.79 Å². The SMILES string of the molecule is N#Cc1ccc(Sc2ccc(O)cc2C(F)(F)F)cc1. The van der Waals surface area contributed by atoms with Crippen LogP contribution in [0.5, 0.6) is 5.75 Å². The van der Waals surface area contributed by atoms with E-state index in [1.807, 2.05) is 6.07 Å². The summed E-state index contributed by atoms with van der Waals surface area (Å²) >= 11 is 0.928. The first-order chi connectivity index (χ1) is 9.40. The third-order valence-electron chi connectivity index (χ3n) is 2.48. The first-order valence-corrected chi connectivity index (χ1v) is 6.30. The van der Waals surface area contributed by atoms with Crippen molar-refractivity contribution in [2.45, 2.75) is 16.0 Å². The highest BCUT2D eigenvalue weighted by atomic mass is 32.2. The maximum absolute atomic E-state index is 12.9. The predicted octanol–water partition coefficient (Wildman–Crippen LogP) is 4.43. The fourth-order valence-corrected chi connectivity index (χ4v) is 2.50. The minimum atomic E-state index is -4.53. The minimum Gasteiger partial charge on any atom is -0.508 e. The zero-order valence-electron chi connectivity index (χ0n) is 9.98. The van der Waals surface area contributed by atoms with Gasteiger partial charge >= 0.3 is 6.18 Å². The molecule has 0 aliphatic heterocycles. The Balaban J connectivity index is 2.35. The maximum Gasteiger partial charge on any atom is 0.417 e. The van der Waals surface area contributed by atoms with E-state index in [2.05, 4.69) is 0 Å². The van der Waals surface area contributed by atoms with Crippen molar-refractivity contribution in [1.82, 2.24) is 0 Å². The summed E-state index contributed by atoms with van der Waals surface area (Å²) in [6.07, 6.45) is -4.53. The highest BCUT2D eigenvalue weighted by Crippen LogP contribution is 2.40. The molecule has 0 saturated carbocycles. The number of phenolic OH excluding ortho intramolecular Hbond substituents is 1. The van der Waals surface area contributed by atoms with Gasteiger partial charge in [-0.1, -0.05) is 11.8 Å². The Labute approximate surface area is 117 Å². The molecule has 0 fully saturated rings. The van der Waals surface area contributed by atoms with Crippen molar-refractivity contribution in [3.8, 4) is 11.8 Å². The zero-order chi connectivity index (χ0) is 14.8. The van der Waals surface area contributed by atoms with Crippen molar-refractivity contribution >= 4 is 11.8 Å². The molecule has 0 unspecified atom stereocenters. The Morgan fingerprint density at radius 2 is 1.70 bits per heavy atom. The highest BCUT2D eigenvalue weighted by molar-refractivity contribution is 7.99. The van der Waals surface area contributed by atoms with Gasteiger partial charge in [0.2, 0.25) is 0 Å². The van der Waals surface area contributed by atoms with E-state index in [1.54, 1.807) is 12.1 Å². The van der Waals surface area contributed by atoms with Gasteiger partial charge < -0.3 is 5.11 Å². The smallest absolute Gasteiger partial charge is 0.417 e. The van der Waals surface area contributed by atoms with Crippen LogP contribution in [0, 0.1) is 11.3 Å². The summed E-state index contributed by atoms with van der Waals surface area (Å²) in [6, 6.07) is 11.3. The molecule has 0 aliphatic rings. The standard InChI is InChI=1S/C14H8F3NOS/c15-14(16,17)12-7-10(19)3-6-13(12)20-11-4-1-9(8-18)2-5-11/h1-7,19H. The average molecular weight is 295 g/mol. The van der Waals surface area contributed by atoms with Crippen molar-refractivity contribution in [2.24, 2.45) is 0 Å². The quantitative estimate of drug-likeness (QED) is 0.891. The highest BCUT2D eigenvalue weighted by Gasteiger charge is 2.34. The minimum absolute atomic E-state index is 0.00000709. The number of benzene rings is 2. The van der Waals surface area contributed by atoms with Crippen LogP contribution < -0.4 is 0 Å². The Kier molecular flexibility index (Phi) is 3.91. The van der Waals surface area contributed by atoms with Gasteiger partial charge in [-0.25, -0.2) is 0 Å². The number of phenols is 1. The largest absolute Gasteiger partial charge is 0.508 e. The topological polar surface area (TPSA) is 44.0 Å². The zero-order valence-corrected chi connectivity index (χ0v) is 10.8. The molecule has 1 N–H and O–H groups in total. The fourth-order valence-electron chi connectivity index (χ4n) is 1.55. The molecule has 0 spiro atoms. The number of rotatable bonds is 2. The van der Waals surface area contributed by atoms with Crippen molar-refractivity contribution in [3.05, 3.63) is 53.6 Å². The molecule has 20 heavy (non-hydrogen) atoms. The molecule has 0 aromatic heterocycles. The molecule has 0 aliphatic carbocycles. The number of nitrogens with zero attached hydrogens (tertiary/aromatic N) is 1. The summed E-state index contributed by atoms with van der Waals surface area (Å²) in [6.45, 7) is 0. The van der Waals surface area contributed by atoms with Crippen LogP contribution >= 0.6 is 11.8 Å². The summed E-state index contributed by atoms with van der Waals surface area (Å²) in [7, 11) is 0. The van der Waals surface area contributed by atoms with Crippen LogP contribution in [0.1, 0.15) is 11.1 Å². The van der Waals surface area contributed by atoms with Gasteiger partial charge in [0.25, 0.3) is 0 Å². The molecule has 2 aromatic carbocycles. The molecule has 0 radical (unpaired) electrons. The van der Waals surface area contributed by atoms with Gasteiger partial charge in [-0.05, 0) is 42.5 Å². The van der Waals surface area contributed by atoms with E-state index < -0.39 is 17.5 Å². The van der Waals surface area contributed by atoms with Gasteiger partial charge in [0.1, 0.15) is 5.75 Å². The molecule has 102 valence electrons. The summed E-state index contributed by atoms with van der Waals surface area (Å²) in [5.41, 5.74) is -0.442. The molecule has 0 heterocycles. The summed E-state index contributed by atoms with van der Waals surface area (Å²) in [5, 5.41) is 17.9. The van der Waals surface area contributed by atoms with Crippen molar-refractivity contribution < 1.29 is 18.3 Å². The summed E-state index contributed by atoms with van der Waals surface area (Å²) in [4.78, 5) is 0.584. The first-order valence-electron chi connectivity index (χ1n) is 5.48. The van der Waals surface area contributed by atoms with E-state index in [9.17, 15) is 18.3 Å². The van der Waals surface area contributed by atoms with Crippen LogP contribution in [-0.4, -0.2) is 5.11 Å². The van der Waals surface area contributed by atoms with Crippen LogP contribution in [0.15, 0.2) is 52.3 Å². The molecule has 0 atom stereocenters. The lowest BCUT2D eigenvalue weighted by Crippen LogP contribution is -2.06. The molecule has 0 amide bonds. The molecular weight excluding hydrogens is 287 g/mol. The van der Waals surface area contributed by atoms with E-state index >= 15 is 0 Å². The van der Waals surface area contributed by atoms with E-state index in [4.69, 9.17) is 5.26 Å². The lowest BCUT2D eigenvalue weighted by atomic mass is 10.2. The van der Waals surface area contributed by atoms with Crippen LogP contribution in [0.4, 0.5) is 13.2 Å². The molecule has 2 rings (SSSR count). The number of hydrogen-bond donors (Lipinski definition) is 1. The van der Waals surface area contributed by atoms with Crippen LogP contribution in [-0.2, 0) is 6.18 Å². The van der Waals surface area contributed by atoms with Gasteiger partial charge in [-0.3, -0.25) is 0 Å². The van der Waals surface area contributed by atoms with Gasteiger partial charge in [-0.2, -0.15) is 18.4 Å². The van der Waals surface area contributed by atoms with Crippen molar-refractivity contribution in [1.29, 1.82) is 5.26 Å².